The van der Waals surface area contributed by atoms with Crippen LogP contribution in [0.15, 0.2) is 27.3 Å². The molecule has 3 nitrogen and oxygen atoms in total. The average molecular weight is 322 g/mol. The van der Waals surface area contributed by atoms with Gasteiger partial charge in [0.25, 0.3) is 0 Å². The van der Waals surface area contributed by atoms with E-state index < -0.39 is 11.0 Å². The second-order valence-corrected chi connectivity index (χ2v) is 7.00. The van der Waals surface area contributed by atoms with Crippen molar-refractivity contribution in [3.63, 3.8) is 0 Å². The molecule has 3 rings (SSSR count). The van der Waals surface area contributed by atoms with Gasteiger partial charge in [-0.15, -0.1) is 0 Å². The third-order valence-corrected chi connectivity index (χ3v) is 4.53. The number of hydrogen-bond acceptors (Lipinski definition) is 3. The summed E-state index contributed by atoms with van der Waals surface area (Å²) in [5.74, 6) is 0.197. The van der Waals surface area contributed by atoms with Gasteiger partial charge in [0.15, 0.2) is 5.78 Å². The molecule has 0 amide bonds. The Kier molecular flexibility index (Phi) is 2.43. The maximum absolute atomic E-state index is 12.6. The number of rotatable bonds is 0. The zero-order valence-electron chi connectivity index (χ0n) is 11.4. The van der Waals surface area contributed by atoms with Crippen LogP contribution in [0.1, 0.15) is 33.3 Å². The fourth-order valence-electron chi connectivity index (χ4n) is 3.00. The van der Waals surface area contributed by atoms with E-state index in [1.165, 1.54) is 0 Å². The minimum absolute atomic E-state index is 0.197. The van der Waals surface area contributed by atoms with Crippen LogP contribution >= 0.6 is 15.9 Å². The molecule has 100 valence electrons. The lowest BCUT2D eigenvalue weighted by Gasteiger charge is -2.42. The van der Waals surface area contributed by atoms with Crippen LogP contribution in [0.5, 0.6) is 0 Å². The molecular formula is C15H16BrNO2. The number of furan rings is 1. The van der Waals surface area contributed by atoms with E-state index in [-0.39, 0.29) is 5.78 Å². The van der Waals surface area contributed by atoms with Crippen molar-refractivity contribution >= 4 is 38.4 Å². The molecule has 1 N–H and O–H groups in total. The summed E-state index contributed by atoms with van der Waals surface area (Å²) in [6.07, 6.45) is 1.67. The van der Waals surface area contributed by atoms with Crippen LogP contribution in [0.25, 0.3) is 11.0 Å². The molecule has 19 heavy (non-hydrogen) atoms. The fraction of sp³-hybridized carbons (Fsp3) is 0.400. The Hall–Kier alpha value is -1.29. The average Bonchev–Trinajstić information content (AvgIpc) is 2.79. The van der Waals surface area contributed by atoms with E-state index in [1.807, 2.05) is 39.8 Å². The van der Waals surface area contributed by atoms with Gasteiger partial charge in [0, 0.05) is 5.39 Å². The number of hydrogen-bond donors (Lipinski definition) is 1. The Morgan fingerprint density at radius 2 is 1.95 bits per heavy atom. The van der Waals surface area contributed by atoms with E-state index in [9.17, 15) is 4.79 Å². The maximum atomic E-state index is 12.6. The molecule has 1 aliphatic heterocycles. The number of Topliss-reactive ketones (excluding diaryl/α,β-unsaturated/α-hetero) is 1. The number of nitrogens with one attached hydrogen (secondary N) is 1. The fourth-order valence-corrected chi connectivity index (χ4v) is 3.54. The minimum atomic E-state index is -0.575. The summed E-state index contributed by atoms with van der Waals surface area (Å²) >= 11 is 3.52. The van der Waals surface area contributed by atoms with Crippen LogP contribution in [0.4, 0.5) is 5.69 Å². The first-order chi connectivity index (χ1) is 8.75. The summed E-state index contributed by atoms with van der Waals surface area (Å²) in [5.41, 5.74) is 1.73. The van der Waals surface area contributed by atoms with E-state index in [4.69, 9.17) is 4.42 Å². The number of carbonyl (C=O) groups is 1. The number of fused-ring (bicyclic) bond motifs is 3. The molecule has 0 aliphatic carbocycles. The van der Waals surface area contributed by atoms with E-state index in [0.29, 0.717) is 0 Å². The number of benzene rings is 1. The monoisotopic (exact) mass is 321 g/mol. The lowest BCUT2D eigenvalue weighted by Crippen LogP contribution is -2.53. The second kappa shape index (κ2) is 3.63. The Bertz CT molecular complexity index is 697. The molecule has 4 heteroatoms. The Labute approximate surface area is 120 Å². The predicted molar refractivity (Wildman–Crippen MR) is 79.6 cm³/mol. The van der Waals surface area contributed by atoms with E-state index >= 15 is 0 Å². The Balaban J connectivity index is 2.41. The lowest BCUT2D eigenvalue weighted by atomic mass is 9.69. The molecule has 0 fully saturated rings. The van der Waals surface area contributed by atoms with Gasteiger partial charge in [0.2, 0.25) is 0 Å². The van der Waals surface area contributed by atoms with Crippen LogP contribution in [0, 0.1) is 0 Å². The van der Waals surface area contributed by atoms with Gasteiger partial charge < -0.3 is 9.73 Å². The van der Waals surface area contributed by atoms with Crippen molar-refractivity contribution in [1.82, 2.24) is 0 Å². The van der Waals surface area contributed by atoms with E-state index in [2.05, 4.69) is 21.2 Å². The summed E-state index contributed by atoms with van der Waals surface area (Å²) in [6, 6.07) is 3.93. The largest absolute Gasteiger partial charge is 0.463 e. The molecule has 2 heterocycles. The normalized spacial score (nSPS) is 20.2. The quantitative estimate of drug-likeness (QED) is 0.788. The summed E-state index contributed by atoms with van der Waals surface area (Å²) in [6.45, 7) is 7.81. The number of halogens is 1. The third-order valence-electron chi connectivity index (χ3n) is 3.94. The topological polar surface area (TPSA) is 42.2 Å². The van der Waals surface area contributed by atoms with Crippen molar-refractivity contribution in [3.8, 4) is 0 Å². The molecule has 0 unspecified atom stereocenters. The van der Waals surface area contributed by atoms with Crippen LogP contribution in [0.3, 0.4) is 0 Å². The molecule has 0 saturated carbocycles. The van der Waals surface area contributed by atoms with Gasteiger partial charge in [-0.25, -0.2) is 0 Å². The van der Waals surface area contributed by atoms with Crippen LogP contribution in [0.2, 0.25) is 0 Å². The molecule has 0 spiro atoms. The maximum Gasteiger partial charge on any atom is 0.167 e. The molecule has 0 saturated heterocycles. The Morgan fingerprint density at radius 3 is 2.63 bits per heavy atom. The number of ketones is 1. The summed E-state index contributed by atoms with van der Waals surface area (Å²) in [5, 5.41) is 4.38. The minimum Gasteiger partial charge on any atom is -0.463 e. The van der Waals surface area contributed by atoms with Gasteiger partial charge in [-0.1, -0.05) is 0 Å². The highest BCUT2D eigenvalue weighted by atomic mass is 79.9. The summed E-state index contributed by atoms with van der Waals surface area (Å²) in [4.78, 5) is 12.6. The van der Waals surface area contributed by atoms with Gasteiger partial charge in [0.1, 0.15) is 5.58 Å². The molecule has 1 aliphatic rings. The van der Waals surface area contributed by atoms with Gasteiger partial charge in [0.05, 0.1) is 27.4 Å². The number of carbonyl (C=O) groups excluding carboxylic acids is 1. The third kappa shape index (κ3) is 1.59. The second-order valence-electron chi connectivity index (χ2n) is 6.15. The molecule has 0 radical (unpaired) electrons. The van der Waals surface area contributed by atoms with Crippen LogP contribution in [-0.4, -0.2) is 11.3 Å². The number of anilines is 1. The Morgan fingerprint density at radius 1 is 1.26 bits per heavy atom. The van der Waals surface area contributed by atoms with Crippen molar-refractivity contribution in [2.75, 3.05) is 5.32 Å². The standard InChI is InChI=1S/C15H16BrNO2/c1-14(2)9-7-10(16)12-8(5-6-19-12)11(9)17-15(3,4)13(14)18/h5-7,17H,1-4H3. The van der Waals surface area contributed by atoms with Gasteiger partial charge in [-0.05, 0) is 61.3 Å². The van der Waals surface area contributed by atoms with Crippen molar-refractivity contribution in [3.05, 3.63) is 28.4 Å². The SMILES string of the molecule is CC1(C)Nc2c(cc(Br)c3occc23)C(C)(C)C1=O. The van der Waals surface area contributed by atoms with Gasteiger partial charge in [-0.2, -0.15) is 0 Å². The molecular weight excluding hydrogens is 306 g/mol. The molecule has 1 aromatic carbocycles. The predicted octanol–water partition coefficient (Wildman–Crippen LogP) is 4.25. The molecule has 0 bridgehead atoms. The molecule has 0 atom stereocenters. The zero-order chi connectivity index (χ0) is 14.0. The van der Waals surface area contributed by atoms with Crippen molar-refractivity contribution in [1.29, 1.82) is 0 Å². The lowest BCUT2D eigenvalue weighted by molar-refractivity contribution is -0.127. The molecule has 1 aromatic heterocycles. The van der Waals surface area contributed by atoms with Crippen molar-refractivity contribution in [2.24, 2.45) is 0 Å². The van der Waals surface area contributed by atoms with Crippen LogP contribution in [-0.2, 0) is 10.2 Å². The van der Waals surface area contributed by atoms with Gasteiger partial charge >= 0.3 is 0 Å². The van der Waals surface area contributed by atoms with Crippen LogP contribution < -0.4 is 5.32 Å². The van der Waals surface area contributed by atoms with Gasteiger partial charge in [-0.3, -0.25) is 4.79 Å². The summed E-state index contributed by atoms with van der Waals surface area (Å²) < 4.78 is 6.39. The summed E-state index contributed by atoms with van der Waals surface area (Å²) in [7, 11) is 0. The zero-order valence-corrected chi connectivity index (χ0v) is 13.0. The van der Waals surface area contributed by atoms with Crippen molar-refractivity contribution in [2.45, 2.75) is 38.6 Å². The highest BCUT2D eigenvalue weighted by Gasteiger charge is 2.46. The first-order valence-electron chi connectivity index (χ1n) is 6.28. The van der Waals surface area contributed by atoms with E-state index in [1.54, 1.807) is 6.26 Å². The smallest absolute Gasteiger partial charge is 0.167 e. The van der Waals surface area contributed by atoms with Crippen molar-refractivity contribution < 1.29 is 9.21 Å². The highest BCUT2D eigenvalue weighted by molar-refractivity contribution is 9.10. The first kappa shape index (κ1) is 12.7. The molecule has 2 aromatic rings. The highest BCUT2D eigenvalue weighted by Crippen LogP contribution is 2.46. The van der Waals surface area contributed by atoms with E-state index in [0.717, 1.165) is 26.7 Å². The first-order valence-corrected chi connectivity index (χ1v) is 7.08.